The van der Waals surface area contributed by atoms with E-state index in [1.165, 1.54) is 25.3 Å². The predicted octanol–water partition coefficient (Wildman–Crippen LogP) is 3.42. The monoisotopic (exact) mass is 383 g/mol. The molecular formula is C17H22BrNO4. The van der Waals surface area contributed by atoms with Gasteiger partial charge in [0.1, 0.15) is 6.61 Å². The number of benzene rings is 1. The summed E-state index contributed by atoms with van der Waals surface area (Å²) in [4.78, 5) is 13.2. The largest absolute Gasteiger partial charge is 0.493 e. The van der Waals surface area contributed by atoms with Crippen LogP contribution in [0, 0.1) is 0 Å². The first kappa shape index (κ1) is 17.8. The third kappa shape index (κ3) is 5.55. The number of likely N-dealkylation sites (tertiary alicyclic amines) is 1. The Hall–Kier alpha value is -1.53. The van der Waals surface area contributed by atoms with Crippen molar-refractivity contribution in [3.63, 3.8) is 0 Å². The molecule has 0 aromatic heterocycles. The Kier molecular flexibility index (Phi) is 6.92. The highest BCUT2D eigenvalue weighted by molar-refractivity contribution is 9.10. The molecule has 0 unspecified atom stereocenters. The van der Waals surface area contributed by atoms with Gasteiger partial charge in [-0.2, -0.15) is 0 Å². The van der Waals surface area contributed by atoms with Crippen LogP contribution in [-0.4, -0.2) is 49.3 Å². The van der Waals surface area contributed by atoms with Gasteiger partial charge in [0.25, 0.3) is 0 Å². The zero-order valence-electron chi connectivity index (χ0n) is 13.3. The van der Waals surface area contributed by atoms with Crippen LogP contribution in [0.2, 0.25) is 0 Å². The second-order valence-corrected chi connectivity index (χ2v) is 6.36. The van der Waals surface area contributed by atoms with Gasteiger partial charge in [-0.25, -0.2) is 4.79 Å². The van der Waals surface area contributed by atoms with E-state index in [1.54, 1.807) is 7.11 Å². The maximum Gasteiger partial charge on any atom is 0.328 e. The maximum absolute atomic E-state index is 10.8. The molecule has 6 heteroatoms. The van der Waals surface area contributed by atoms with Crippen molar-refractivity contribution in [1.82, 2.24) is 4.90 Å². The Bertz CT molecular complexity index is 568. The molecule has 1 aromatic carbocycles. The van der Waals surface area contributed by atoms with Crippen LogP contribution in [-0.2, 0) is 4.79 Å². The van der Waals surface area contributed by atoms with Gasteiger partial charge in [0.15, 0.2) is 11.5 Å². The van der Waals surface area contributed by atoms with E-state index in [1.807, 2.05) is 12.1 Å². The second kappa shape index (κ2) is 8.93. The fraction of sp³-hybridized carbons (Fsp3) is 0.471. The lowest BCUT2D eigenvalue weighted by Crippen LogP contribution is -2.33. The molecule has 1 heterocycles. The summed E-state index contributed by atoms with van der Waals surface area (Å²) < 4.78 is 12.1. The molecule has 0 amide bonds. The van der Waals surface area contributed by atoms with Gasteiger partial charge in [-0.1, -0.05) is 22.4 Å². The molecule has 0 radical (unpaired) electrons. The highest BCUT2D eigenvalue weighted by atomic mass is 79.9. The molecule has 0 spiro atoms. The molecule has 0 aliphatic carbocycles. The SMILES string of the molecule is COc1cc(Br)cc(C=CC(=O)O)c1OCCN1CCCCC1. The number of methoxy groups -OCH3 is 1. The van der Waals surface area contributed by atoms with Gasteiger partial charge >= 0.3 is 5.97 Å². The van der Waals surface area contributed by atoms with Crippen LogP contribution in [0.4, 0.5) is 0 Å². The van der Waals surface area contributed by atoms with Crippen molar-refractivity contribution >= 4 is 28.0 Å². The molecular weight excluding hydrogens is 362 g/mol. The Balaban J connectivity index is 2.09. The Morgan fingerprint density at radius 3 is 2.74 bits per heavy atom. The third-order valence-electron chi connectivity index (χ3n) is 3.78. The molecule has 1 saturated heterocycles. The first-order chi connectivity index (χ1) is 11.1. The van der Waals surface area contributed by atoms with Crippen molar-refractivity contribution in [2.24, 2.45) is 0 Å². The summed E-state index contributed by atoms with van der Waals surface area (Å²) >= 11 is 3.40. The molecule has 1 aliphatic heterocycles. The second-order valence-electron chi connectivity index (χ2n) is 5.45. The van der Waals surface area contributed by atoms with Crippen molar-refractivity contribution in [3.8, 4) is 11.5 Å². The minimum Gasteiger partial charge on any atom is -0.493 e. The van der Waals surface area contributed by atoms with E-state index < -0.39 is 5.97 Å². The zero-order valence-corrected chi connectivity index (χ0v) is 14.8. The van der Waals surface area contributed by atoms with Crippen LogP contribution in [0.25, 0.3) is 6.08 Å². The number of hydrogen-bond acceptors (Lipinski definition) is 4. The van der Waals surface area contributed by atoms with Crippen LogP contribution in [0.5, 0.6) is 11.5 Å². The van der Waals surface area contributed by atoms with Gasteiger partial charge in [0.05, 0.1) is 7.11 Å². The first-order valence-electron chi connectivity index (χ1n) is 7.74. The van der Waals surface area contributed by atoms with Crippen LogP contribution in [0.3, 0.4) is 0 Å². The fourth-order valence-corrected chi connectivity index (χ4v) is 3.09. The summed E-state index contributed by atoms with van der Waals surface area (Å²) in [6.07, 6.45) is 6.41. The molecule has 0 atom stereocenters. The molecule has 1 fully saturated rings. The van der Waals surface area contributed by atoms with Crippen molar-refractivity contribution in [1.29, 1.82) is 0 Å². The van der Waals surface area contributed by atoms with Crippen molar-refractivity contribution < 1.29 is 19.4 Å². The van der Waals surface area contributed by atoms with Crippen LogP contribution < -0.4 is 9.47 Å². The highest BCUT2D eigenvalue weighted by Crippen LogP contribution is 2.35. The summed E-state index contributed by atoms with van der Waals surface area (Å²) in [6.45, 7) is 3.65. The van der Waals surface area contributed by atoms with Gasteiger partial charge in [-0.05, 0) is 44.1 Å². The molecule has 23 heavy (non-hydrogen) atoms. The molecule has 5 nitrogen and oxygen atoms in total. The number of carboxylic acid groups (broad SMARTS) is 1. The summed E-state index contributed by atoms with van der Waals surface area (Å²) in [5.41, 5.74) is 0.678. The topological polar surface area (TPSA) is 59.0 Å². The normalized spacial score (nSPS) is 15.7. The quantitative estimate of drug-likeness (QED) is 0.730. The summed E-state index contributed by atoms with van der Waals surface area (Å²) in [5.74, 6) is 0.163. The lowest BCUT2D eigenvalue weighted by atomic mass is 10.1. The number of piperidine rings is 1. The van der Waals surface area contributed by atoms with Crippen molar-refractivity contribution in [2.45, 2.75) is 19.3 Å². The van der Waals surface area contributed by atoms with Crippen LogP contribution in [0.15, 0.2) is 22.7 Å². The number of ether oxygens (including phenoxy) is 2. The predicted molar refractivity (Wildman–Crippen MR) is 93.1 cm³/mol. The number of carbonyl (C=O) groups is 1. The minimum atomic E-state index is -0.997. The highest BCUT2D eigenvalue weighted by Gasteiger charge is 2.14. The number of rotatable bonds is 7. The number of aliphatic carboxylic acids is 1. The van der Waals surface area contributed by atoms with Gasteiger partial charge in [0, 0.05) is 22.7 Å². The number of halogens is 1. The Morgan fingerprint density at radius 2 is 2.09 bits per heavy atom. The summed E-state index contributed by atoms with van der Waals surface area (Å²) in [7, 11) is 1.57. The summed E-state index contributed by atoms with van der Waals surface area (Å²) in [5, 5.41) is 8.83. The minimum absolute atomic E-state index is 0.548. The fourth-order valence-electron chi connectivity index (χ4n) is 2.64. The average molecular weight is 384 g/mol. The number of hydrogen-bond donors (Lipinski definition) is 1. The van der Waals surface area contributed by atoms with E-state index in [4.69, 9.17) is 14.6 Å². The molecule has 126 valence electrons. The Morgan fingerprint density at radius 1 is 1.35 bits per heavy atom. The van der Waals surface area contributed by atoms with Gasteiger partial charge in [-0.15, -0.1) is 0 Å². The molecule has 0 saturated carbocycles. The molecule has 1 aliphatic rings. The molecule has 0 bridgehead atoms. The number of nitrogens with zero attached hydrogens (tertiary/aromatic N) is 1. The van der Waals surface area contributed by atoms with Crippen molar-refractivity contribution in [2.75, 3.05) is 33.4 Å². The third-order valence-corrected chi connectivity index (χ3v) is 4.23. The molecule has 1 aromatic rings. The van der Waals surface area contributed by atoms with E-state index in [2.05, 4.69) is 20.8 Å². The van der Waals surface area contributed by atoms with Gasteiger partial charge in [0.2, 0.25) is 0 Å². The smallest absolute Gasteiger partial charge is 0.328 e. The average Bonchev–Trinajstić information content (AvgIpc) is 2.55. The van der Waals surface area contributed by atoms with Gasteiger partial charge < -0.3 is 14.6 Å². The van der Waals surface area contributed by atoms with E-state index in [0.29, 0.717) is 23.7 Å². The number of carboxylic acids is 1. The molecule has 1 N–H and O–H groups in total. The van der Waals surface area contributed by atoms with Gasteiger partial charge in [-0.3, -0.25) is 4.90 Å². The standard InChI is InChI=1S/C17H22BrNO4/c1-22-15-12-14(18)11-13(5-6-16(20)21)17(15)23-10-9-19-7-3-2-4-8-19/h5-6,11-12H,2-4,7-10H2,1H3,(H,20,21). The van der Waals surface area contributed by atoms with E-state index in [0.717, 1.165) is 30.2 Å². The van der Waals surface area contributed by atoms with E-state index >= 15 is 0 Å². The molecule has 2 rings (SSSR count). The first-order valence-corrected chi connectivity index (χ1v) is 8.53. The van der Waals surface area contributed by atoms with Crippen LogP contribution in [0.1, 0.15) is 24.8 Å². The maximum atomic E-state index is 10.8. The van der Waals surface area contributed by atoms with E-state index in [-0.39, 0.29) is 0 Å². The van der Waals surface area contributed by atoms with Crippen molar-refractivity contribution in [3.05, 3.63) is 28.2 Å². The lowest BCUT2D eigenvalue weighted by Gasteiger charge is -2.26. The van der Waals surface area contributed by atoms with E-state index in [9.17, 15) is 4.79 Å². The zero-order chi connectivity index (χ0) is 16.7. The summed E-state index contributed by atoms with van der Waals surface area (Å²) in [6, 6.07) is 3.63. The Labute approximate surface area is 145 Å². The lowest BCUT2D eigenvalue weighted by molar-refractivity contribution is -0.131. The van der Waals surface area contributed by atoms with Crippen LogP contribution >= 0.6 is 15.9 Å².